The van der Waals surface area contributed by atoms with E-state index in [1.807, 2.05) is 0 Å². The minimum atomic E-state index is -0.440. The quantitative estimate of drug-likeness (QED) is 0.529. The van der Waals surface area contributed by atoms with E-state index in [9.17, 15) is 4.79 Å². The van der Waals surface area contributed by atoms with Crippen LogP contribution in [-0.4, -0.2) is 29.1 Å². The van der Waals surface area contributed by atoms with Crippen molar-refractivity contribution in [3.05, 3.63) is 31.7 Å². The molecule has 26 heavy (non-hydrogen) atoms. The van der Waals surface area contributed by atoms with Gasteiger partial charge in [-0.3, -0.25) is 4.57 Å². The summed E-state index contributed by atoms with van der Waals surface area (Å²) < 4.78 is 6.82. The third-order valence-corrected chi connectivity index (χ3v) is 6.37. The Morgan fingerprint density at radius 3 is 2.54 bits per heavy atom. The second kappa shape index (κ2) is 9.01. The number of nitrogens with zero attached hydrogens (tertiary/aromatic N) is 2. The second-order valence-corrected chi connectivity index (χ2v) is 8.32. The molecule has 1 saturated heterocycles. The Labute approximate surface area is 169 Å². The van der Waals surface area contributed by atoms with Crippen LogP contribution in [-0.2, 0) is 6.54 Å². The Hall–Kier alpha value is -0.680. The van der Waals surface area contributed by atoms with E-state index < -0.39 is 5.76 Å². The summed E-state index contributed by atoms with van der Waals surface area (Å²) in [6, 6.07) is 1.50. The summed E-state index contributed by atoms with van der Waals surface area (Å²) in [4.78, 5) is 14.7. The molecule has 1 aliphatic heterocycles. The highest BCUT2D eigenvalue weighted by molar-refractivity contribution is 6.47. The van der Waals surface area contributed by atoms with Crippen LogP contribution in [0.5, 0.6) is 0 Å². The molecule has 0 bridgehead atoms. The van der Waals surface area contributed by atoms with Gasteiger partial charge in [0.15, 0.2) is 5.58 Å². The van der Waals surface area contributed by atoms with Gasteiger partial charge in [0.2, 0.25) is 0 Å². The third kappa shape index (κ3) is 4.41. The van der Waals surface area contributed by atoms with Crippen LogP contribution >= 0.6 is 34.8 Å². The van der Waals surface area contributed by atoms with Crippen LogP contribution in [0, 0.1) is 5.92 Å². The molecule has 0 unspecified atom stereocenters. The van der Waals surface area contributed by atoms with Gasteiger partial charge in [-0.25, -0.2) is 4.79 Å². The van der Waals surface area contributed by atoms with E-state index in [0.29, 0.717) is 32.7 Å². The lowest BCUT2D eigenvalue weighted by atomic mass is 9.91. The summed E-state index contributed by atoms with van der Waals surface area (Å²) in [6.07, 6.45) is 7.41. The van der Waals surface area contributed by atoms with Crippen molar-refractivity contribution in [3.63, 3.8) is 0 Å². The van der Waals surface area contributed by atoms with Crippen LogP contribution in [0.4, 0.5) is 0 Å². The number of piperidine rings is 1. The summed E-state index contributed by atoms with van der Waals surface area (Å²) in [5.41, 5.74) is 0.801. The second-order valence-electron chi connectivity index (χ2n) is 7.13. The van der Waals surface area contributed by atoms with Crippen molar-refractivity contribution in [2.75, 3.05) is 19.6 Å². The molecular weight excluding hydrogens is 395 g/mol. The van der Waals surface area contributed by atoms with Gasteiger partial charge in [0.05, 0.1) is 15.1 Å². The van der Waals surface area contributed by atoms with Crippen LogP contribution in [0.3, 0.4) is 0 Å². The van der Waals surface area contributed by atoms with Crippen LogP contribution < -0.4 is 5.76 Å². The Morgan fingerprint density at radius 1 is 1.12 bits per heavy atom. The maximum atomic E-state index is 12.2. The molecule has 2 aromatic rings. The first-order chi connectivity index (χ1) is 12.5. The molecule has 4 nitrogen and oxygen atoms in total. The zero-order chi connectivity index (χ0) is 18.7. The minimum Gasteiger partial charge on any atom is -0.406 e. The maximum Gasteiger partial charge on any atom is 0.420 e. The largest absolute Gasteiger partial charge is 0.420 e. The molecule has 3 rings (SSSR count). The fraction of sp³-hybridized carbons (Fsp3) is 0.632. The lowest BCUT2D eigenvalue weighted by molar-refractivity contribution is 0.173. The average molecular weight is 420 g/mol. The van der Waals surface area contributed by atoms with Crippen molar-refractivity contribution in [1.29, 1.82) is 0 Å². The number of oxazole rings is 1. The molecule has 7 heteroatoms. The van der Waals surface area contributed by atoms with Crippen LogP contribution in [0.25, 0.3) is 11.1 Å². The SMILES string of the molecule is CCCCC1CCN(CCCn2c(=O)oc3c(Cl)cc(Cl)c(Cl)c32)CC1. The molecule has 1 aromatic heterocycles. The minimum absolute atomic E-state index is 0.305. The van der Waals surface area contributed by atoms with Crippen LogP contribution in [0.15, 0.2) is 15.3 Å². The van der Waals surface area contributed by atoms with Crippen molar-refractivity contribution in [2.24, 2.45) is 5.92 Å². The summed E-state index contributed by atoms with van der Waals surface area (Å²) in [5.74, 6) is 0.444. The lowest BCUT2D eigenvalue weighted by Gasteiger charge is -2.32. The summed E-state index contributed by atoms with van der Waals surface area (Å²) >= 11 is 18.5. The normalized spacial score (nSPS) is 16.6. The number of aryl methyl sites for hydroxylation is 1. The highest BCUT2D eigenvalue weighted by Crippen LogP contribution is 2.35. The molecule has 1 aromatic carbocycles. The van der Waals surface area contributed by atoms with E-state index in [-0.39, 0.29) is 0 Å². The van der Waals surface area contributed by atoms with E-state index >= 15 is 0 Å². The molecule has 0 saturated carbocycles. The van der Waals surface area contributed by atoms with E-state index in [1.54, 1.807) is 4.57 Å². The van der Waals surface area contributed by atoms with Gasteiger partial charge in [-0.05, 0) is 50.9 Å². The highest BCUT2D eigenvalue weighted by atomic mass is 35.5. The van der Waals surface area contributed by atoms with Gasteiger partial charge in [0, 0.05) is 6.54 Å². The van der Waals surface area contributed by atoms with E-state index in [2.05, 4.69) is 11.8 Å². The number of unbranched alkanes of at least 4 members (excludes halogenated alkanes) is 1. The van der Waals surface area contributed by atoms with E-state index in [4.69, 9.17) is 39.2 Å². The summed E-state index contributed by atoms with van der Waals surface area (Å²) in [5, 5.41) is 0.945. The molecule has 0 aliphatic carbocycles. The number of fused-ring (bicyclic) bond motifs is 1. The number of likely N-dealkylation sites (tertiary alicyclic amines) is 1. The molecule has 0 radical (unpaired) electrons. The van der Waals surface area contributed by atoms with E-state index in [1.165, 1.54) is 38.2 Å². The fourth-order valence-electron chi connectivity index (χ4n) is 3.78. The highest BCUT2D eigenvalue weighted by Gasteiger charge is 2.20. The first kappa shape index (κ1) is 20.1. The number of hydrogen-bond donors (Lipinski definition) is 0. The van der Waals surface area contributed by atoms with Crippen molar-refractivity contribution in [3.8, 4) is 0 Å². The molecule has 2 heterocycles. The Morgan fingerprint density at radius 2 is 1.85 bits per heavy atom. The number of halogens is 3. The van der Waals surface area contributed by atoms with Gasteiger partial charge in [-0.15, -0.1) is 0 Å². The van der Waals surface area contributed by atoms with Crippen LogP contribution in [0.1, 0.15) is 45.4 Å². The topological polar surface area (TPSA) is 38.4 Å². The Balaban J connectivity index is 1.59. The third-order valence-electron chi connectivity index (χ3n) is 5.31. The summed E-state index contributed by atoms with van der Waals surface area (Å²) in [6.45, 7) is 6.05. The van der Waals surface area contributed by atoms with Gasteiger partial charge < -0.3 is 9.32 Å². The number of rotatable bonds is 7. The molecule has 0 N–H and O–H groups in total. The summed E-state index contributed by atoms with van der Waals surface area (Å²) in [7, 11) is 0. The zero-order valence-electron chi connectivity index (χ0n) is 15.1. The molecule has 144 valence electrons. The van der Waals surface area contributed by atoms with Gasteiger partial charge in [-0.2, -0.15) is 0 Å². The van der Waals surface area contributed by atoms with E-state index in [0.717, 1.165) is 32.0 Å². The molecule has 0 amide bonds. The standard InChI is InChI=1S/C19H25Cl3N2O2/c1-2-3-5-13-6-10-23(11-7-13)8-4-9-24-17-16(22)14(20)12-15(21)18(17)26-19(24)25/h12-13H,2-11H2,1H3. The smallest absolute Gasteiger partial charge is 0.406 e. The van der Waals surface area contributed by atoms with Crippen molar-refractivity contribution in [2.45, 2.75) is 52.0 Å². The average Bonchev–Trinajstić information content (AvgIpc) is 2.96. The van der Waals surface area contributed by atoms with Gasteiger partial charge in [-0.1, -0.05) is 61.0 Å². The molecule has 0 spiro atoms. The van der Waals surface area contributed by atoms with Gasteiger partial charge in [0.1, 0.15) is 5.52 Å². The first-order valence-electron chi connectivity index (χ1n) is 9.40. The Kier molecular flexibility index (Phi) is 6.95. The van der Waals surface area contributed by atoms with Crippen molar-refractivity contribution in [1.82, 2.24) is 9.47 Å². The fourth-order valence-corrected chi connectivity index (χ4v) is 4.52. The van der Waals surface area contributed by atoms with Crippen molar-refractivity contribution >= 4 is 45.9 Å². The zero-order valence-corrected chi connectivity index (χ0v) is 17.3. The molecular formula is C19H25Cl3N2O2. The number of hydrogen-bond acceptors (Lipinski definition) is 3. The van der Waals surface area contributed by atoms with Crippen LogP contribution in [0.2, 0.25) is 15.1 Å². The molecule has 1 aliphatic rings. The first-order valence-corrected chi connectivity index (χ1v) is 10.5. The predicted molar refractivity (Wildman–Crippen MR) is 109 cm³/mol. The number of benzene rings is 1. The lowest BCUT2D eigenvalue weighted by Crippen LogP contribution is -2.35. The van der Waals surface area contributed by atoms with Gasteiger partial charge >= 0.3 is 5.76 Å². The number of aromatic nitrogens is 1. The maximum absolute atomic E-state index is 12.2. The monoisotopic (exact) mass is 418 g/mol. The predicted octanol–water partition coefficient (Wildman–Crippen LogP) is 5.85. The molecule has 0 atom stereocenters. The Bertz CT molecular complexity index is 807. The van der Waals surface area contributed by atoms with Crippen molar-refractivity contribution < 1.29 is 4.42 Å². The van der Waals surface area contributed by atoms with Gasteiger partial charge in [0.25, 0.3) is 0 Å². The molecule has 1 fully saturated rings.